The van der Waals surface area contributed by atoms with E-state index in [0.717, 1.165) is 38.8 Å². The average molecular weight is 370 g/mol. The molecule has 1 aliphatic rings. The van der Waals surface area contributed by atoms with Crippen molar-refractivity contribution in [2.45, 2.75) is 31.6 Å². The zero-order chi connectivity index (χ0) is 15.2. The van der Waals surface area contributed by atoms with Gasteiger partial charge in [-0.1, -0.05) is 30.3 Å². The summed E-state index contributed by atoms with van der Waals surface area (Å²) in [5.74, 6) is 0.967. The summed E-state index contributed by atoms with van der Waals surface area (Å²) in [6, 6.07) is 10.4. The lowest BCUT2D eigenvalue weighted by molar-refractivity contribution is 0.163. The molecule has 3 rings (SSSR count). The van der Waals surface area contributed by atoms with Crippen LogP contribution >= 0.6 is 24.8 Å². The number of halogens is 2. The maximum absolute atomic E-state index is 10.2. The van der Waals surface area contributed by atoms with Crippen molar-refractivity contribution in [1.29, 1.82) is 0 Å². The summed E-state index contributed by atoms with van der Waals surface area (Å²) < 4.78 is 0. The second-order valence-electron chi connectivity index (χ2n) is 5.85. The predicted octanol–water partition coefficient (Wildman–Crippen LogP) is 4.46. The predicted molar refractivity (Wildman–Crippen MR) is 102 cm³/mol. The third kappa shape index (κ3) is 5.46. The number of aromatic nitrogens is 2. The van der Waals surface area contributed by atoms with Crippen molar-refractivity contribution in [2.75, 3.05) is 13.1 Å². The van der Waals surface area contributed by atoms with Gasteiger partial charge >= 0.3 is 0 Å². The van der Waals surface area contributed by atoms with Crippen molar-refractivity contribution in [3.63, 3.8) is 0 Å². The number of aryl methyl sites for hydroxylation is 1. The van der Waals surface area contributed by atoms with Gasteiger partial charge in [-0.3, -0.25) is 0 Å². The van der Waals surface area contributed by atoms with Gasteiger partial charge in [0, 0.05) is 30.9 Å². The van der Waals surface area contributed by atoms with Gasteiger partial charge in [0.05, 0.1) is 6.33 Å². The number of aliphatic hydroxyl groups excluding tert-OH is 1. The van der Waals surface area contributed by atoms with E-state index in [0.29, 0.717) is 11.8 Å². The number of aliphatic hydroxyl groups is 1. The van der Waals surface area contributed by atoms with Crippen LogP contribution < -0.4 is 0 Å². The smallest absolute Gasteiger partial charge is 0.182 e. The van der Waals surface area contributed by atoms with E-state index in [1.54, 1.807) is 6.33 Å². The first kappa shape index (κ1) is 20.4. The van der Waals surface area contributed by atoms with Crippen LogP contribution in [0.15, 0.2) is 54.8 Å². The van der Waals surface area contributed by atoms with E-state index in [4.69, 9.17) is 0 Å². The Labute approximate surface area is 155 Å². The minimum atomic E-state index is 0. The molecule has 1 aromatic heterocycles. The summed E-state index contributed by atoms with van der Waals surface area (Å²) in [5, 5.41) is 10.2. The zero-order valence-corrected chi connectivity index (χ0v) is 15.2. The Morgan fingerprint density at radius 1 is 1.21 bits per heavy atom. The first-order valence-electron chi connectivity index (χ1n) is 7.99. The van der Waals surface area contributed by atoms with Crippen molar-refractivity contribution in [2.24, 2.45) is 0 Å². The number of aromatic amines is 1. The summed E-state index contributed by atoms with van der Waals surface area (Å²) in [6.07, 6.45) is 9.55. The lowest BCUT2D eigenvalue weighted by Gasteiger charge is -2.32. The normalized spacial score (nSPS) is 15.5. The number of nitrogens with one attached hydrogen (secondary N) is 1. The van der Waals surface area contributed by atoms with Crippen molar-refractivity contribution in [3.8, 4) is 0 Å². The van der Waals surface area contributed by atoms with Crippen molar-refractivity contribution < 1.29 is 5.11 Å². The summed E-state index contributed by atoms with van der Waals surface area (Å²) in [4.78, 5) is 9.37. The number of likely N-dealkylation sites (tertiary alicyclic amines) is 1. The Kier molecular flexibility index (Phi) is 8.72. The monoisotopic (exact) mass is 369 g/mol. The Morgan fingerprint density at radius 3 is 2.54 bits per heavy atom. The fraction of sp³-hybridized carbons (Fsp3) is 0.389. The van der Waals surface area contributed by atoms with Gasteiger partial charge in [0.2, 0.25) is 0 Å². The van der Waals surface area contributed by atoms with E-state index in [2.05, 4.69) is 39.1 Å². The second-order valence-corrected chi connectivity index (χ2v) is 5.85. The molecule has 0 spiro atoms. The summed E-state index contributed by atoms with van der Waals surface area (Å²) >= 11 is 0. The molecule has 1 aromatic carbocycles. The third-order valence-corrected chi connectivity index (χ3v) is 4.38. The van der Waals surface area contributed by atoms with Crippen molar-refractivity contribution in [3.05, 3.63) is 66.1 Å². The average Bonchev–Trinajstić information content (AvgIpc) is 3.10. The molecule has 0 bridgehead atoms. The zero-order valence-electron chi connectivity index (χ0n) is 13.6. The van der Waals surface area contributed by atoms with Gasteiger partial charge in [-0.05, 0) is 37.3 Å². The molecule has 0 atom stereocenters. The van der Waals surface area contributed by atoms with Gasteiger partial charge in [-0.2, -0.15) is 0 Å². The third-order valence-electron chi connectivity index (χ3n) is 4.38. The molecule has 4 nitrogen and oxygen atoms in total. The van der Waals surface area contributed by atoms with Crippen molar-refractivity contribution in [1.82, 2.24) is 14.9 Å². The van der Waals surface area contributed by atoms with Crippen LogP contribution in [0.4, 0.5) is 0 Å². The number of imidazole rings is 1. The van der Waals surface area contributed by atoms with E-state index < -0.39 is 0 Å². The van der Waals surface area contributed by atoms with Crippen LogP contribution in [0.5, 0.6) is 0 Å². The van der Waals surface area contributed by atoms with Gasteiger partial charge in [0.1, 0.15) is 0 Å². The fourth-order valence-corrected chi connectivity index (χ4v) is 3.05. The van der Waals surface area contributed by atoms with Crippen LogP contribution in [0, 0.1) is 0 Å². The molecule has 0 aliphatic carbocycles. The number of piperidine rings is 1. The number of hydrogen-bond acceptors (Lipinski definition) is 3. The second kappa shape index (κ2) is 10.3. The van der Waals surface area contributed by atoms with Crippen LogP contribution in [0.2, 0.25) is 0 Å². The Morgan fingerprint density at radius 2 is 1.92 bits per heavy atom. The lowest BCUT2D eigenvalue weighted by Crippen LogP contribution is -2.32. The van der Waals surface area contributed by atoms with Crippen LogP contribution in [0.1, 0.15) is 36.4 Å². The number of rotatable bonds is 5. The molecule has 24 heavy (non-hydrogen) atoms. The summed E-state index contributed by atoms with van der Waals surface area (Å²) in [7, 11) is 0. The Hall–Kier alpha value is -1.65. The number of nitrogens with zero attached hydrogens (tertiary/aromatic N) is 2. The molecule has 6 heteroatoms. The minimum absolute atomic E-state index is 0. The first-order valence-corrected chi connectivity index (χ1v) is 7.99. The van der Waals surface area contributed by atoms with E-state index in [1.807, 2.05) is 18.3 Å². The van der Waals surface area contributed by atoms with E-state index in [1.165, 1.54) is 11.3 Å². The molecule has 132 valence electrons. The number of allylic oxidation sites excluding steroid dienone is 1. The lowest BCUT2D eigenvalue weighted by atomic mass is 9.94. The van der Waals surface area contributed by atoms with Crippen LogP contribution in [0.3, 0.4) is 0 Å². The molecular formula is C18H25Cl2N3O. The molecule has 0 saturated carbocycles. The highest BCUT2D eigenvalue weighted by Crippen LogP contribution is 2.27. The minimum Gasteiger partial charge on any atom is -0.495 e. The first-order chi connectivity index (χ1) is 10.8. The highest BCUT2D eigenvalue weighted by Gasteiger charge is 2.22. The highest BCUT2D eigenvalue weighted by atomic mass is 35.5. The SMILES string of the molecule is Cl.Cl.OC(=CCCc1ccccc1)N1CCC(c2cnc[nH]2)CC1. The molecular weight excluding hydrogens is 345 g/mol. The van der Waals surface area contributed by atoms with Crippen LogP contribution in [0.25, 0.3) is 0 Å². The largest absolute Gasteiger partial charge is 0.495 e. The van der Waals surface area contributed by atoms with Gasteiger partial charge in [0.25, 0.3) is 0 Å². The quantitative estimate of drug-likeness (QED) is 0.764. The molecule has 2 N–H and O–H groups in total. The van der Waals surface area contributed by atoms with E-state index in [-0.39, 0.29) is 24.8 Å². The summed E-state index contributed by atoms with van der Waals surface area (Å²) in [5.41, 5.74) is 2.52. The molecule has 0 amide bonds. The highest BCUT2D eigenvalue weighted by molar-refractivity contribution is 5.85. The maximum atomic E-state index is 10.2. The molecule has 2 heterocycles. The van der Waals surface area contributed by atoms with Gasteiger partial charge in [0.15, 0.2) is 5.88 Å². The molecule has 1 fully saturated rings. The van der Waals surface area contributed by atoms with Gasteiger partial charge < -0.3 is 15.0 Å². The Balaban J connectivity index is 0.00000144. The topological polar surface area (TPSA) is 52.1 Å². The molecule has 0 radical (unpaired) electrons. The van der Waals surface area contributed by atoms with Crippen LogP contribution in [-0.4, -0.2) is 33.1 Å². The molecule has 1 aliphatic heterocycles. The maximum Gasteiger partial charge on any atom is 0.182 e. The van der Waals surface area contributed by atoms with E-state index in [9.17, 15) is 5.11 Å². The van der Waals surface area contributed by atoms with Crippen molar-refractivity contribution >= 4 is 24.8 Å². The molecule has 0 unspecified atom stereocenters. The van der Waals surface area contributed by atoms with Gasteiger partial charge in [-0.15, -0.1) is 24.8 Å². The number of benzene rings is 1. The molecule has 2 aromatic rings. The standard InChI is InChI=1S/C18H23N3O.2ClH/c22-18(8-4-7-15-5-2-1-3-6-15)21-11-9-16(10-12-21)17-13-19-14-20-17;;/h1-3,5-6,8,13-14,16,22H,4,7,9-12H2,(H,19,20);2*1H. The number of hydrogen-bond donors (Lipinski definition) is 2. The molecule has 1 saturated heterocycles. The summed E-state index contributed by atoms with van der Waals surface area (Å²) in [6.45, 7) is 1.80. The number of H-pyrrole nitrogens is 1. The van der Waals surface area contributed by atoms with Gasteiger partial charge in [-0.25, -0.2) is 4.98 Å². The Bertz CT molecular complexity index is 594. The fourth-order valence-electron chi connectivity index (χ4n) is 3.05. The van der Waals surface area contributed by atoms with Crippen LogP contribution in [-0.2, 0) is 6.42 Å². The van der Waals surface area contributed by atoms with E-state index >= 15 is 0 Å².